The van der Waals surface area contributed by atoms with Crippen LogP contribution in [0.1, 0.15) is 27.0 Å². The van der Waals surface area contributed by atoms with Gasteiger partial charge in [-0.2, -0.15) is 13.2 Å². The number of benzene rings is 3. The van der Waals surface area contributed by atoms with Gasteiger partial charge in [-0.15, -0.1) is 0 Å². The molecule has 3 aromatic carbocycles. The zero-order valence-corrected chi connectivity index (χ0v) is 18.6. The molecule has 0 amide bonds. The standard InChI is InChI=1S/C26H18F4N4O2/c1-31-13-18(14-32-12-15-2-4-16(5-3-15)25(35)36)17-6-8-20(21(27)10-17)24-33-22-9-7-19(26(28,29)30)11-23(22)34-24/h2-11,13-14H,1,12H2,(H,33,34)(H,35,36)/b18-13+,32-14?. The Morgan fingerprint density at radius 1 is 1.06 bits per heavy atom. The molecule has 1 aromatic heterocycles. The Hall–Kier alpha value is -4.60. The summed E-state index contributed by atoms with van der Waals surface area (Å²) in [5.74, 6) is -1.57. The van der Waals surface area contributed by atoms with Crippen molar-refractivity contribution in [2.45, 2.75) is 12.7 Å². The molecule has 10 heteroatoms. The van der Waals surface area contributed by atoms with E-state index < -0.39 is 23.5 Å². The molecule has 0 aliphatic rings. The Balaban J connectivity index is 1.56. The molecule has 0 aliphatic heterocycles. The fourth-order valence-electron chi connectivity index (χ4n) is 3.48. The molecule has 0 fully saturated rings. The van der Waals surface area contributed by atoms with E-state index in [9.17, 15) is 18.0 Å². The van der Waals surface area contributed by atoms with Crippen LogP contribution in [-0.4, -0.2) is 34.0 Å². The number of aromatic amines is 1. The third-order valence-corrected chi connectivity index (χ3v) is 5.30. The van der Waals surface area contributed by atoms with Crippen LogP contribution < -0.4 is 0 Å². The maximum Gasteiger partial charge on any atom is 0.416 e. The summed E-state index contributed by atoms with van der Waals surface area (Å²) in [7, 11) is 0. The molecule has 0 bridgehead atoms. The Labute approximate surface area is 202 Å². The van der Waals surface area contributed by atoms with Crippen molar-refractivity contribution >= 4 is 35.5 Å². The highest BCUT2D eigenvalue weighted by atomic mass is 19.4. The van der Waals surface area contributed by atoms with Gasteiger partial charge in [-0.1, -0.05) is 18.2 Å². The van der Waals surface area contributed by atoms with Crippen molar-refractivity contribution in [1.82, 2.24) is 9.97 Å². The van der Waals surface area contributed by atoms with Crippen LogP contribution in [0.2, 0.25) is 0 Å². The highest BCUT2D eigenvalue weighted by Gasteiger charge is 2.30. The second-order valence-corrected chi connectivity index (χ2v) is 7.75. The number of carboxylic acid groups (broad SMARTS) is 1. The summed E-state index contributed by atoms with van der Waals surface area (Å²) >= 11 is 0. The van der Waals surface area contributed by atoms with Crippen molar-refractivity contribution in [2.75, 3.05) is 0 Å². The van der Waals surface area contributed by atoms with Crippen LogP contribution >= 0.6 is 0 Å². The van der Waals surface area contributed by atoms with Crippen LogP contribution in [-0.2, 0) is 12.7 Å². The quantitative estimate of drug-likeness (QED) is 0.230. The predicted octanol–water partition coefficient (Wildman–Crippen LogP) is 6.40. The molecule has 6 nitrogen and oxygen atoms in total. The number of rotatable bonds is 7. The van der Waals surface area contributed by atoms with Gasteiger partial charge in [-0.25, -0.2) is 14.2 Å². The number of alkyl halides is 3. The van der Waals surface area contributed by atoms with Crippen LogP contribution in [0.3, 0.4) is 0 Å². The number of fused-ring (bicyclic) bond motifs is 1. The number of imidazole rings is 1. The van der Waals surface area contributed by atoms with Crippen molar-refractivity contribution in [3.05, 3.63) is 94.9 Å². The van der Waals surface area contributed by atoms with Crippen LogP contribution in [0, 0.1) is 5.82 Å². The smallest absolute Gasteiger partial charge is 0.416 e. The maximum atomic E-state index is 15.0. The molecule has 0 aliphatic carbocycles. The van der Waals surface area contributed by atoms with Crippen molar-refractivity contribution in [3.63, 3.8) is 0 Å². The number of aromatic carboxylic acids is 1. The number of aromatic nitrogens is 2. The Kier molecular flexibility index (Phi) is 6.77. The summed E-state index contributed by atoms with van der Waals surface area (Å²) in [6.45, 7) is 3.68. The normalized spacial score (nSPS) is 12.4. The minimum atomic E-state index is -4.50. The van der Waals surface area contributed by atoms with Gasteiger partial charge in [0.15, 0.2) is 0 Å². The molecule has 4 rings (SSSR count). The first-order chi connectivity index (χ1) is 17.2. The molecule has 2 N–H and O–H groups in total. The number of H-pyrrole nitrogens is 1. The van der Waals surface area contributed by atoms with E-state index in [0.717, 1.165) is 17.7 Å². The molecule has 36 heavy (non-hydrogen) atoms. The van der Waals surface area contributed by atoms with E-state index in [1.54, 1.807) is 18.2 Å². The minimum Gasteiger partial charge on any atom is -0.478 e. The second-order valence-electron chi connectivity index (χ2n) is 7.75. The van der Waals surface area contributed by atoms with E-state index in [1.807, 2.05) is 0 Å². The third kappa shape index (κ3) is 5.38. The van der Waals surface area contributed by atoms with E-state index >= 15 is 4.39 Å². The molecule has 0 unspecified atom stereocenters. The van der Waals surface area contributed by atoms with Crippen LogP contribution in [0.5, 0.6) is 0 Å². The third-order valence-electron chi connectivity index (χ3n) is 5.30. The summed E-state index contributed by atoms with van der Waals surface area (Å²) < 4.78 is 54.0. The number of nitrogens with one attached hydrogen (secondary N) is 1. The Morgan fingerprint density at radius 2 is 1.78 bits per heavy atom. The first-order valence-corrected chi connectivity index (χ1v) is 10.5. The molecule has 0 atom stereocenters. The molecule has 0 saturated carbocycles. The summed E-state index contributed by atoms with van der Waals surface area (Å²) in [6, 6.07) is 13.6. The number of nitrogens with zero attached hydrogens (tertiary/aromatic N) is 3. The van der Waals surface area contributed by atoms with Crippen LogP contribution in [0.4, 0.5) is 17.6 Å². The first kappa shape index (κ1) is 24.5. The fourth-order valence-corrected chi connectivity index (χ4v) is 3.48. The monoisotopic (exact) mass is 494 g/mol. The van der Waals surface area contributed by atoms with Crippen molar-refractivity contribution < 1.29 is 27.5 Å². The summed E-state index contributed by atoms with van der Waals surface area (Å²) in [4.78, 5) is 26.0. The minimum absolute atomic E-state index is 0.0879. The molecule has 182 valence electrons. The van der Waals surface area contributed by atoms with Gasteiger partial charge in [-0.3, -0.25) is 9.98 Å². The Bertz CT molecular complexity index is 1500. The first-order valence-electron chi connectivity index (χ1n) is 10.5. The summed E-state index contributed by atoms with van der Waals surface area (Å²) in [5.41, 5.74) is 1.54. The molecular weight excluding hydrogens is 476 g/mol. The lowest BCUT2D eigenvalue weighted by molar-refractivity contribution is -0.137. The van der Waals surface area contributed by atoms with Gasteiger partial charge in [0.25, 0.3) is 0 Å². The number of halogens is 4. The van der Waals surface area contributed by atoms with Gasteiger partial charge < -0.3 is 10.1 Å². The van der Waals surface area contributed by atoms with Gasteiger partial charge >= 0.3 is 12.1 Å². The van der Waals surface area contributed by atoms with Gasteiger partial charge in [0.05, 0.1) is 34.3 Å². The van der Waals surface area contributed by atoms with Gasteiger partial charge in [0, 0.05) is 18.0 Å². The maximum absolute atomic E-state index is 15.0. The molecule has 0 saturated heterocycles. The number of allylic oxidation sites excluding steroid dienone is 1. The lowest BCUT2D eigenvalue weighted by Gasteiger charge is -2.05. The number of carboxylic acids is 1. The average Bonchev–Trinajstić information content (AvgIpc) is 3.26. The van der Waals surface area contributed by atoms with Crippen molar-refractivity contribution in [3.8, 4) is 11.4 Å². The number of aliphatic imine (C=N–C) groups is 2. The molecule has 1 heterocycles. The number of hydrogen-bond acceptors (Lipinski definition) is 4. The zero-order chi connectivity index (χ0) is 25.9. The Morgan fingerprint density at radius 3 is 2.42 bits per heavy atom. The van der Waals surface area contributed by atoms with Gasteiger partial charge in [0.2, 0.25) is 0 Å². The number of hydrogen-bond donors (Lipinski definition) is 2. The summed E-state index contributed by atoms with van der Waals surface area (Å²) in [6.07, 6.45) is -1.60. The SMILES string of the molecule is C=N/C=C(\C=NCc1ccc(C(=O)O)cc1)c1ccc(-c2nc3ccc(C(F)(F)F)cc3[nH]2)c(F)c1. The fraction of sp³-hybridized carbons (Fsp3) is 0.0769. The van der Waals surface area contributed by atoms with E-state index in [4.69, 9.17) is 5.11 Å². The van der Waals surface area contributed by atoms with E-state index in [0.29, 0.717) is 11.1 Å². The van der Waals surface area contributed by atoms with Gasteiger partial charge in [-0.05, 0) is 60.3 Å². The second kappa shape index (κ2) is 9.95. The highest BCUT2D eigenvalue weighted by Crippen LogP contribution is 2.32. The molecule has 0 spiro atoms. The van der Waals surface area contributed by atoms with E-state index in [1.165, 1.54) is 42.7 Å². The summed E-state index contributed by atoms with van der Waals surface area (Å²) in [5, 5.41) is 8.97. The highest BCUT2D eigenvalue weighted by molar-refractivity contribution is 6.09. The zero-order valence-electron chi connectivity index (χ0n) is 18.6. The lowest BCUT2D eigenvalue weighted by Crippen LogP contribution is -2.04. The molecular formula is C26H18F4N4O2. The number of carbonyl (C=O) groups is 1. The largest absolute Gasteiger partial charge is 0.478 e. The van der Waals surface area contributed by atoms with Gasteiger partial charge in [0.1, 0.15) is 11.6 Å². The van der Waals surface area contributed by atoms with E-state index in [2.05, 4.69) is 26.7 Å². The van der Waals surface area contributed by atoms with Crippen LogP contribution in [0.15, 0.2) is 76.8 Å². The van der Waals surface area contributed by atoms with Crippen LogP contribution in [0.25, 0.3) is 28.0 Å². The van der Waals surface area contributed by atoms with Crippen molar-refractivity contribution in [2.24, 2.45) is 9.98 Å². The molecule has 4 aromatic rings. The average molecular weight is 494 g/mol. The topological polar surface area (TPSA) is 90.7 Å². The van der Waals surface area contributed by atoms with E-state index in [-0.39, 0.29) is 34.5 Å². The van der Waals surface area contributed by atoms with Crippen molar-refractivity contribution in [1.29, 1.82) is 0 Å². The molecule has 0 radical (unpaired) electrons. The lowest BCUT2D eigenvalue weighted by atomic mass is 10.0. The predicted molar refractivity (Wildman–Crippen MR) is 130 cm³/mol.